The molecule has 1 aliphatic heterocycles. The molecule has 0 unspecified atom stereocenters. The van der Waals surface area contributed by atoms with Crippen LogP contribution in [0.5, 0.6) is 17.2 Å². The minimum atomic E-state index is -0.731. The average molecular weight is 320 g/mol. The van der Waals surface area contributed by atoms with Crippen molar-refractivity contribution in [1.82, 2.24) is 0 Å². The van der Waals surface area contributed by atoms with Crippen LogP contribution in [-0.4, -0.2) is 12.7 Å². The van der Waals surface area contributed by atoms with Crippen LogP contribution in [0.15, 0.2) is 30.3 Å². The molecule has 2 aromatic rings. The van der Waals surface area contributed by atoms with Crippen molar-refractivity contribution in [3.63, 3.8) is 0 Å². The van der Waals surface area contributed by atoms with Crippen molar-refractivity contribution in [3.05, 3.63) is 53.1 Å². The van der Waals surface area contributed by atoms with E-state index in [1.807, 2.05) is 19.9 Å². The van der Waals surface area contributed by atoms with Gasteiger partial charge in [-0.25, -0.2) is 8.78 Å². The number of hydrogen-bond donors (Lipinski definition) is 0. The third kappa shape index (κ3) is 3.09. The Hall–Kier alpha value is -2.30. The van der Waals surface area contributed by atoms with E-state index in [0.717, 1.165) is 24.1 Å². The van der Waals surface area contributed by atoms with E-state index in [9.17, 15) is 8.78 Å². The van der Waals surface area contributed by atoms with Crippen LogP contribution < -0.4 is 14.2 Å². The molecule has 0 radical (unpaired) electrons. The molecule has 0 saturated heterocycles. The van der Waals surface area contributed by atoms with E-state index in [-0.39, 0.29) is 18.0 Å². The van der Waals surface area contributed by atoms with E-state index in [4.69, 9.17) is 14.2 Å². The molecule has 3 nitrogen and oxygen atoms in total. The Bertz CT molecular complexity index is 721. The van der Waals surface area contributed by atoms with Gasteiger partial charge in [0.2, 0.25) is 0 Å². The number of methoxy groups -OCH3 is 1. The summed E-state index contributed by atoms with van der Waals surface area (Å²) < 4.78 is 43.9. The van der Waals surface area contributed by atoms with Crippen molar-refractivity contribution in [2.24, 2.45) is 0 Å². The highest BCUT2D eigenvalue weighted by Gasteiger charge is 2.32. The van der Waals surface area contributed by atoms with E-state index in [1.54, 1.807) is 13.2 Å². The molecule has 2 aromatic carbocycles. The largest absolute Gasteiger partial charge is 0.497 e. The summed E-state index contributed by atoms with van der Waals surface area (Å²) in [5.74, 6) is -0.483. The highest BCUT2D eigenvalue weighted by molar-refractivity contribution is 5.50. The first-order chi connectivity index (χ1) is 10.9. The van der Waals surface area contributed by atoms with Gasteiger partial charge in [0.05, 0.1) is 7.11 Å². The van der Waals surface area contributed by atoms with Crippen molar-refractivity contribution in [2.75, 3.05) is 7.11 Å². The summed E-state index contributed by atoms with van der Waals surface area (Å²) in [4.78, 5) is 0. The Morgan fingerprint density at radius 2 is 1.87 bits per heavy atom. The quantitative estimate of drug-likeness (QED) is 0.842. The summed E-state index contributed by atoms with van der Waals surface area (Å²) in [7, 11) is 1.57. The molecular weight excluding hydrogens is 302 g/mol. The standard InChI is InChI=1S/C18H18F2O3/c1-18(2)9-11-7-13(21-3)8-12(16(11)23-18)10-22-17-14(19)5-4-6-15(17)20/h4-8H,9-10H2,1-3H3. The summed E-state index contributed by atoms with van der Waals surface area (Å²) in [5.41, 5.74) is 1.38. The Balaban J connectivity index is 1.90. The molecule has 5 heteroatoms. The number of rotatable bonds is 4. The van der Waals surface area contributed by atoms with Crippen molar-refractivity contribution < 1.29 is 23.0 Å². The molecule has 1 heterocycles. The topological polar surface area (TPSA) is 27.7 Å². The lowest BCUT2D eigenvalue weighted by Gasteiger charge is -2.18. The van der Waals surface area contributed by atoms with Gasteiger partial charge in [0.15, 0.2) is 17.4 Å². The van der Waals surface area contributed by atoms with Gasteiger partial charge in [0.25, 0.3) is 0 Å². The van der Waals surface area contributed by atoms with E-state index in [1.165, 1.54) is 6.07 Å². The van der Waals surface area contributed by atoms with Crippen LogP contribution in [0.2, 0.25) is 0 Å². The van der Waals surface area contributed by atoms with Gasteiger partial charge >= 0.3 is 0 Å². The van der Waals surface area contributed by atoms with Gasteiger partial charge in [0.1, 0.15) is 23.7 Å². The zero-order chi connectivity index (χ0) is 16.6. The van der Waals surface area contributed by atoms with Crippen LogP contribution in [0.1, 0.15) is 25.0 Å². The maximum absolute atomic E-state index is 13.7. The predicted octanol–water partition coefficient (Wildman–Crippen LogP) is 4.27. The predicted molar refractivity (Wildman–Crippen MR) is 82.1 cm³/mol. The molecule has 23 heavy (non-hydrogen) atoms. The van der Waals surface area contributed by atoms with Crippen molar-refractivity contribution in [1.29, 1.82) is 0 Å². The third-order valence-electron chi connectivity index (χ3n) is 3.74. The molecule has 122 valence electrons. The fraction of sp³-hybridized carbons (Fsp3) is 0.333. The lowest BCUT2D eigenvalue weighted by atomic mass is 10.0. The van der Waals surface area contributed by atoms with Gasteiger partial charge in [-0.1, -0.05) is 6.07 Å². The van der Waals surface area contributed by atoms with Crippen LogP contribution in [0.3, 0.4) is 0 Å². The fourth-order valence-corrected chi connectivity index (χ4v) is 2.75. The number of hydrogen-bond acceptors (Lipinski definition) is 3. The van der Waals surface area contributed by atoms with E-state index in [2.05, 4.69) is 0 Å². The second-order valence-electron chi connectivity index (χ2n) is 6.15. The SMILES string of the molecule is COc1cc(COc2c(F)cccc2F)c2c(c1)CC(C)(C)O2. The van der Waals surface area contributed by atoms with Crippen LogP contribution in [0, 0.1) is 11.6 Å². The zero-order valence-corrected chi connectivity index (χ0v) is 13.3. The molecule has 0 atom stereocenters. The molecule has 3 rings (SSSR count). The number of halogens is 2. The average Bonchev–Trinajstić information content (AvgIpc) is 2.80. The highest BCUT2D eigenvalue weighted by atomic mass is 19.1. The summed E-state index contributed by atoms with van der Waals surface area (Å²) in [6, 6.07) is 7.30. The van der Waals surface area contributed by atoms with E-state index >= 15 is 0 Å². The lowest BCUT2D eigenvalue weighted by Crippen LogP contribution is -2.25. The minimum Gasteiger partial charge on any atom is -0.497 e. The van der Waals surface area contributed by atoms with Crippen molar-refractivity contribution in [2.45, 2.75) is 32.5 Å². The van der Waals surface area contributed by atoms with E-state index in [0.29, 0.717) is 17.1 Å². The summed E-state index contributed by atoms with van der Waals surface area (Å²) in [5, 5.41) is 0. The number of ether oxygens (including phenoxy) is 3. The Morgan fingerprint density at radius 1 is 1.17 bits per heavy atom. The minimum absolute atomic E-state index is 0.00648. The lowest BCUT2D eigenvalue weighted by molar-refractivity contribution is 0.135. The maximum Gasteiger partial charge on any atom is 0.191 e. The third-order valence-corrected chi connectivity index (χ3v) is 3.74. The second-order valence-corrected chi connectivity index (χ2v) is 6.15. The Morgan fingerprint density at radius 3 is 2.52 bits per heavy atom. The van der Waals surface area contributed by atoms with Crippen LogP contribution in [-0.2, 0) is 13.0 Å². The maximum atomic E-state index is 13.7. The zero-order valence-electron chi connectivity index (χ0n) is 13.3. The number of para-hydroxylation sites is 1. The molecule has 0 bridgehead atoms. The van der Waals surface area contributed by atoms with Gasteiger partial charge in [-0.05, 0) is 38.1 Å². The van der Waals surface area contributed by atoms with Crippen molar-refractivity contribution >= 4 is 0 Å². The molecule has 0 saturated carbocycles. The molecule has 0 fully saturated rings. The van der Waals surface area contributed by atoms with Gasteiger partial charge in [-0.3, -0.25) is 0 Å². The first-order valence-electron chi connectivity index (χ1n) is 7.35. The second kappa shape index (κ2) is 5.72. The van der Waals surface area contributed by atoms with Crippen LogP contribution in [0.25, 0.3) is 0 Å². The van der Waals surface area contributed by atoms with Crippen LogP contribution in [0.4, 0.5) is 8.78 Å². The highest BCUT2D eigenvalue weighted by Crippen LogP contribution is 2.40. The molecule has 0 amide bonds. The monoisotopic (exact) mass is 320 g/mol. The molecule has 0 aromatic heterocycles. The Kier molecular flexibility index (Phi) is 3.88. The van der Waals surface area contributed by atoms with Crippen LogP contribution >= 0.6 is 0 Å². The van der Waals surface area contributed by atoms with Crippen molar-refractivity contribution in [3.8, 4) is 17.2 Å². The molecular formula is C18H18F2O3. The van der Waals surface area contributed by atoms with Gasteiger partial charge in [-0.2, -0.15) is 0 Å². The Labute approximate surface area is 133 Å². The normalized spacial score (nSPS) is 15.0. The molecule has 0 aliphatic carbocycles. The first kappa shape index (κ1) is 15.6. The number of benzene rings is 2. The van der Waals surface area contributed by atoms with E-state index < -0.39 is 11.6 Å². The summed E-state index contributed by atoms with van der Waals surface area (Å²) in [6.45, 7) is 3.97. The van der Waals surface area contributed by atoms with Gasteiger partial charge in [-0.15, -0.1) is 0 Å². The smallest absolute Gasteiger partial charge is 0.191 e. The first-order valence-corrected chi connectivity index (χ1v) is 7.35. The fourth-order valence-electron chi connectivity index (χ4n) is 2.75. The molecule has 1 aliphatic rings. The van der Waals surface area contributed by atoms with Gasteiger partial charge < -0.3 is 14.2 Å². The molecule has 0 N–H and O–H groups in total. The number of fused-ring (bicyclic) bond motifs is 1. The molecule has 0 spiro atoms. The summed E-state index contributed by atoms with van der Waals surface area (Å²) >= 11 is 0. The summed E-state index contributed by atoms with van der Waals surface area (Å²) in [6.07, 6.45) is 0.737. The van der Waals surface area contributed by atoms with Gasteiger partial charge in [0, 0.05) is 17.5 Å².